The third kappa shape index (κ3) is 3.18. The van der Waals surface area contributed by atoms with E-state index in [-0.39, 0.29) is 17.9 Å². The lowest BCUT2D eigenvalue weighted by atomic mass is 9.97. The van der Waals surface area contributed by atoms with E-state index in [2.05, 4.69) is 19.2 Å². The molecule has 2 amide bonds. The van der Waals surface area contributed by atoms with Crippen LogP contribution < -0.4 is 5.32 Å². The minimum absolute atomic E-state index is 0.000830. The summed E-state index contributed by atoms with van der Waals surface area (Å²) < 4.78 is 0. The molecule has 0 aliphatic carbocycles. The van der Waals surface area contributed by atoms with Gasteiger partial charge in [0.2, 0.25) is 11.8 Å². The summed E-state index contributed by atoms with van der Waals surface area (Å²) in [7, 11) is 0. The van der Waals surface area contributed by atoms with E-state index >= 15 is 0 Å². The molecule has 1 aliphatic rings. The van der Waals surface area contributed by atoms with Crippen molar-refractivity contribution >= 4 is 11.8 Å². The van der Waals surface area contributed by atoms with E-state index in [0.29, 0.717) is 18.9 Å². The van der Waals surface area contributed by atoms with E-state index in [1.54, 1.807) is 11.8 Å². The molecule has 1 fully saturated rings. The molecule has 1 aliphatic heterocycles. The first-order valence-electron chi connectivity index (χ1n) is 7.14. The minimum Gasteiger partial charge on any atom is -0.343 e. The van der Waals surface area contributed by atoms with Crippen LogP contribution in [-0.2, 0) is 16.1 Å². The van der Waals surface area contributed by atoms with Gasteiger partial charge in [0.1, 0.15) is 12.1 Å². The van der Waals surface area contributed by atoms with Crippen LogP contribution in [0.1, 0.15) is 32.8 Å². The minimum atomic E-state index is -0.436. The fourth-order valence-electron chi connectivity index (χ4n) is 2.56. The number of piperazine rings is 1. The molecule has 108 valence electrons. The molecular formula is C16H22N2O2. The summed E-state index contributed by atoms with van der Waals surface area (Å²) in [5.41, 5.74) is 1.05. The number of benzene rings is 1. The van der Waals surface area contributed by atoms with Crippen molar-refractivity contribution in [1.29, 1.82) is 0 Å². The first-order valence-corrected chi connectivity index (χ1v) is 7.14. The van der Waals surface area contributed by atoms with E-state index in [9.17, 15) is 9.59 Å². The Labute approximate surface area is 120 Å². The van der Waals surface area contributed by atoms with Crippen molar-refractivity contribution in [3.63, 3.8) is 0 Å². The third-order valence-electron chi connectivity index (χ3n) is 3.58. The summed E-state index contributed by atoms with van der Waals surface area (Å²) in [6, 6.07) is 9.01. The second-order valence-electron chi connectivity index (χ2n) is 5.83. The Bertz CT molecular complexity index is 485. The van der Waals surface area contributed by atoms with E-state index in [1.165, 1.54) is 0 Å². The van der Waals surface area contributed by atoms with Crippen LogP contribution in [0.4, 0.5) is 0 Å². The molecule has 0 spiro atoms. The molecule has 4 nitrogen and oxygen atoms in total. The largest absolute Gasteiger partial charge is 0.343 e. The van der Waals surface area contributed by atoms with Crippen LogP contribution >= 0.6 is 0 Å². The zero-order valence-corrected chi connectivity index (χ0v) is 12.3. The second kappa shape index (κ2) is 6.07. The maximum absolute atomic E-state index is 12.4. The highest BCUT2D eigenvalue weighted by Gasteiger charge is 2.38. The van der Waals surface area contributed by atoms with Crippen LogP contribution in [0.25, 0.3) is 0 Å². The lowest BCUT2D eigenvalue weighted by Crippen LogP contribution is -2.62. The molecule has 1 aromatic carbocycles. The molecule has 4 heteroatoms. The van der Waals surface area contributed by atoms with Gasteiger partial charge in [0.15, 0.2) is 0 Å². The van der Waals surface area contributed by atoms with Gasteiger partial charge in [0.05, 0.1) is 0 Å². The number of hydrogen-bond donors (Lipinski definition) is 1. The number of nitrogens with zero attached hydrogens (tertiary/aromatic N) is 1. The standard InChI is InChI=1S/C16H22N2O2/c1-11(2)9-14-15(19)17-12(3)16(20)18(14)10-13-7-5-4-6-8-13/h4-8,11-12,14H,9-10H2,1-3H3,(H,17,19). The highest BCUT2D eigenvalue weighted by atomic mass is 16.2. The first kappa shape index (κ1) is 14.6. The molecule has 2 unspecified atom stereocenters. The second-order valence-corrected chi connectivity index (χ2v) is 5.83. The lowest BCUT2D eigenvalue weighted by Gasteiger charge is -2.38. The Morgan fingerprint density at radius 3 is 2.45 bits per heavy atom. The molecule has 1 aromatic rings. The molecule has 1 saturated heterocycles. The highest BCUT2D eigenvalue weighted by Crippen LogP contribution is 2.20. The molecule has 0 radical (unpaired) electrons. The van der Waals surface area contributed by atoms with Crippen molar-refractivity contribution in [2.24, 2.45) is 5.92 Å². The average molecular weight is 274 g/mol. The zero-order valence-electron chi connectivity index (χ0n) is 12.3. The average Bonchev–Trinajstić information content (AvgIpc) is 2.41. The third-order valence-corrected chi connectivity index (χ3v) is 3.58. The molecule has 2 atom stereocenters. The molecular weight excluding hydrogens is 252 g/mol. The number of amides is 2. The summed E-state index contributed by atoms with van der Waals surface area (Å²) in [6.45, 7) is 6.37. The summed E-state index contributed by atoms with van der Waals surface area (Å²) in [5, 5.41) is 2.77. The molecule has 2 rings (SSSR count). The van der Waals surface area contributed by atoms with Crippen molar-refractivity contribution in [2.75, 3.05) is 0 Å². The molecule has 0 bridgehead atoms. The van der Waals surface area contributed by atoms with Gasteiger partial charge in [-0.25, -0.2) is 0 Å². The van der Waals surface area contributed by atoms with Crippen LogP contribution in [0.3, 0.4) is 0 Å². The van der Waals surface area contributed by atoms with Crippen LogP contribution in [0, 0.1) is 5.92 Å². The molecule has 0 saturated carbocycles. The summed E-state index contributed by atoms with van der Waals surface area (Å²) in [4.78, 5) is 26.3. The Kier molecular flexibility index (Phi) is 4.42. The quantitative estimate of drug-likeness (QED) is 0.912. The van der Waals surface area contributed by atoms with Crippen molar-refractivity contribution in [3.05, 3.63) is 35.9 Å². The van der Waals surface area contributed by atoms with Gasteiger partial charge in [-0.2, -0.15) is 0 Å². The number of carbonyl (C=O) groups is 2. The van der Waals surface area contributed by atoms with Crippen LogP contribution in [-0.4, -0.2) is 28.8 Å². The Morgan fingerprint density at radius 1 is 1.20 bits per heavy atom. The predicted octanol–water partition coefficient (Wildman–Crippen LogP) is 1.95. The maximum Gasteiger partial charge on any atom is 0.245 e. The van der Waals surface area contributed by atoms with Gasteiger partial charge < -0.3 is 10.2 Å². The van der Waals surface area contributed by atoms with Gasteiger partial charge in [0, 0.05) is 6.54 Å². The zero-order chi connectivity index (χ0) is 14.7. The fraction of sp³-hybridized carbons (Fsp3) is 0.500. The molecule has 1 N–H and O–H groups in total. The van der Waals surface area contributed by atoms with Crippen LogP contribution in [0.5, 0.6) is 0 Å². The molecule has 1 heterocycles. The van der Waals surface area contributed by atoms with Crippen molar-refractivity contribution in [1.82, 2.24) is 10.2 Å². The smallest absolute Gasteiger partial charge is 0.245 e. The fourth-order valence-corrected chi connectivity index (χ4v) is 2.56. The Hall–Kier alpha value is -1.84. The molecule has 0 aromatic heterocycles. The number of carbonyl (C=O) groups excluding carboxylic acids is 2. The first-order chi connectivity index (χ1) is 9.49. The van der Waals surface area contributed by atoms with Gasteiger partial charge in [-0.15, -0.1) is 0 Å². The predicted molar refractivity (Wildman–Crippen MR) is 77.8 cm³/mol. The Balaban J connectivity index is 2.22. The molecule has 20 heavy (non-hydrogen) atoms. The highest BCUT2D eigenvalue weighted by molar-refractivity contribution is 5.96. The summed E-state index contributed by atoms with van der Waals surface area (Å²) in [5.74, 6) is 0.325. The lowest BCUT2D eigenvalue weighted by molar-refractivity contribution is -0.150. The van der Waals surface area contributed by atoms with Gasteiger partial charge in [-0.05, 0) is 24.8 Å². The van der Waals surface area contributed by atoms with Gasteiger partial charge >= 0.3 is 0 Å². The van der Waals surface area contributed by atoms with Crippen molar-refractivity contribution in [2.45, 2.75) is 45.8 Å². The monoisotopic (exact) mass is 274 g/mol. The van der Waals surface area contributed by atoms with Gasteiger partial charge in [-0.3, -0.25) is 9.59 Å². The summed E-state index contributed by atoms with van der Waals surface area (Å²) >= 11 is 0. The number of nitrogens with one attached hydrogen (secondary N) is 1. The normalized spacial score (nSPS) is 23.1. The van der Waals surface area contributed by atoms with E-state index < -0.39 is 6.04 Å². The number of hydrogen-bond acceptors (Lipinski definition) is 2. The SMILES string of the molecule is CC(C)CC1C(=O)NC(C)C(=O)N1Cc1ccccc1. The van der Waals surface area contributed by atoms with E-state index in [0.717, 1.165) is 5.56 Å². The van der Waals surface area contributed by atoms with E-state index in [1.807, 2.05) is 30.3 Å². The Morgan fingerprint density at radius 2 is 1.85 bits per heavy atom. The van der Waals surface area contributed by atoms with E-state index in [4.69, 9.17) is 0 Å². The van der Waals surface area contributed by atoms with Crippen molar-refractivity contribution < 1.29 is 9.59 Å². The number of rotatable bonds is 4. The van der Waals surface area contributed by atoms with Crippen LogP contribution in [0.2, 0.25) is 0 Å². The topological polar surface area (TPSA) is 49.4 Å². The summed E-state index contributed by atoms with van der Waals surface area (Å²) in [6.07, 6.45) is 0.692. The van der Waals surface area contributed by atoms with Gasteiger partial charge in [-0.1, -0.05) is 44.2 Å². The van der Waals surface area contributed by atoms with Crippen molar-refractivity contribution in [3.8, 4) is 0 Å². The maximum atomic E-state index is 12.4. The van der Waals surface area contributed by atoms with Gasteiger partial charge in [0.25, 0.3) is 0 Å². The van der Waals surface area contributed by atoms with Crippen LogP contribution in [0.15, 0.2) is 30.3 Å².